The molecule has 1 fully saturated rings. The van der Waals surface area contributed by atoms with Gasteiger partial charge in [-0.15, -0.1) is 0 Å². The van der Waals surface area contributed by atoms with Gasteiger partial charge in [0, 0.05) is 16.1 Å². The van der Waals surface area contributed by atoms with E-state index < -0.39 is 11.4 Å². The third-order valence-corrected chi connectivity index (χ3v) is 5.10. The van der Waals surface area contributed by atoms with Crippen molar-refractivity contribution in [3.05, 3.63) is 33.0 Å². The fraction of sp³-hybridized carbons (Fsp3) is 0.571. The van der Waals surface area contributed by atoms with Gasteiger partial charge in [0.2, 0.25) is 0 Å². The highest BCUT2D eigenvalue weighted by Gasteiger charge is 2.37. The van der Waals surface area contributed by atoms with Crippen LogP contribution < -0.4 is 5.32 Å². The molecule has 0 amide bonds. The van der Waals surface area contributed by atoms with Gasteiger partial charge in [-0.3, -0.25) is 0 Å². The molecule has 5 heteroatoms. The van der Waals surface area contributed by atoms with Gasteiger partial charge in [-0.2, -0.15) is 0 Å². The molecule has 1 aliphatic carbocycles. The number of rotatable bonds is 3. The molecule has 1 aliphatic rings. The highest BCUT2D eigenvalue weighted by atomic mass is 79.9. The van der Waals surface area contributed by atoms with Gasteiger partial charge in [0.15, 0.2) is 0 Å². The van der Waals surface area contributed by atoms with E-state index in [2.05, 4.69) is 28.2 Å². The van der Waals surface area contributed by atoms with Gasteiger partial charge < -0.3 is 10.4 Å². The van der Waals surface area contributed by atoms with Gasteiger partial charge in [0.05, 0.1) is 10.6 Å². The van der Waals surface area contributed by atoms with Crippen molar-refractivity contribution >= 4 is 27.5 Å². The standard InChI is InChI=1S/C14H18BrClFNO/c1-2-18-9-5-7-14(19,8-6-9)10-3-4-11(15)12(16)13(10)17/h3-4,9,18-19H,2,5-8H2,1H3. The Morgan fingerprint density at radius 3 is 2.68 bits per heavy atom. The number of benzene rings is 1. The average molecular weight is 351 g/mol. The lowest BCUT2D eigenvalue weighted by atomic mass is 9.77. The van der Waals surface area contributed by atoms with E-state index in [-0.39, 0.29) is 5.02 Å². The summed E-state index contributed by atoms with van der Waals surface area (Å²) in [7, 11) is 0. The van der Waals surface area contributed by atoms with Crippen LogP contribution in [0.5, 0.6) is 0 Å². The SMILES string of the molecule is CCNC1CCC(O)(c2ccc(Br)c(Cl)c2F)CC1. The first-order chi connectivity index (χ1) is 8.98. The lowest BCUT2D eigenvalue weighted by molar-refractivity contribution is -0.0111. The molecule has 0 radical (unpaired) electrons. The summed E-state index contributed by atoms with van der Waals surface area (Å²) in [6.45, 7) is 2.98. The Morgan fingerprint density at radius 2 is 2.11 bits per heavy atom. The normalized spacial score (nSPS) is 27.5. The van der Waals surface area contributed by atoms with Gasteiger partial charge in [-0.05, 0) is 54.2 Å². The summed E-state index contributed by atoms with van der Waals surface area (Å²) in [6.07, 6.45) is 2.80. The quantitative estimate of drug-likeness (QED) is 0.808. The molecule has 1 saturated carbocycles. The average Bonchev–Trinajstić information content (AvgIpc) is 2.39. The van der Waals surface area contributed by atoms with Gasteiger partial charge >= 0.3 is 0 Å². The second-order valence-corrected chi connectivity index (χ2v) is 6.32. The van der Waals surface area contributed by atoms with E-state index in [4.69, 9.17) is 11.6 Å². The summed E-state index contributed by atoms with van der Waals surface area (Å²) in [5.41, 5.74) is -0.781. The molecule has 2 nitrogen and oxygen atoms in total. The molecule has 0 heterocycles. The van der Waals surface area contributed by atoms with Crippen LogP contribution in [-0.2, 0) is 5.60 Å². The summed E-state index contributed by atoms with van der Waals surface area (Å²) in [5, 5.41) is 14.1. The second kappa shape index (κ2) is 6.08. The Labute approximate surface area is 126 Å². The van der Waals surface area contributed by atoms with Crippen LogP contribution in [0.1, 0.15) is 38.2 Å². The zero-order chi connectivity index (χ0) is 14.0. The van der Waals surface area contributed by atoms with E-state index in [9.17, 15) is 9.50 Å². The maximum atomic E-state index is 14.2. The Balaban J connectivity index is 2.20. The molecule has 0 aromatic heterocycles. The Bertz CT molecular complexity index is 461. The first-order valence-corrected chi connectivity index (χ1v) is 7.75. The lowest BCUT2D eigenvalue weighted by Crippen LogP contribution is -2.40. The molecule has 1 aromatic carbocycles. The minimum absolute atomic E-state index is 0.0414. The van der Waals surface area contributed by atoms with Crippen molar-refractivity contribution < 1.29 is 9.50 Å². The maximum Gasteiger partial charge on any atom is 0.149 e. The van der Waals surface area contributed by atoms with Crippen LogP contribution in [0.3, 0.4) is 0 Å². The third kappa shape index (κ3) is 3.13. The van der Waals surface area contributed by atoms with Crippen molar-refractivity contribution in [2.75, 3.05) is 6.54 Å². The van der Waals surface area contributed by atoms with Crippen molar-refractivity contribution in [3.63, 3.8) is 0 Å². The number of halogens is 3. The van der Waals surface area contributed by atoms with E-state index in [0.29, 0.717) is 28.9 Å². The molecule has 0 aliphatic heterocycles. The predicted molar refractivity (Wildman–Crippen MR) is 78.9 cm³/mol. The van der Waals surface area contributed by atoms with Crippen LogP contribution in [-0.4, -0.2) is 17.7 Å². The molecular formula is C14H18BrClFNO. The molecule has 0 atom stereocenters. The Kier molecular flexibility index (Phi) is 4.88. The second-order valence-electron chi connectivity index (χ2n) is 5.09. The van der Waals surface area contributed by atoms with Gasteiger partial charge in [0.25, 0.3) is 0 Å². The number of hydrogen-bond acceptors (Lipinski definition) is 2. The Hall–Kier alpha value is -0.160. The van der Waals surface area contributed by atoms with Crippen LogP contribution in [0, 0.1) is 5.82 Å². The van der Waals surface area contributed by atoms with E-state index >= 15 is 0 Å². The van der Waals surface area contributed by atoms with Crippen LogP contribution in [0.4, 0.5) is 4.39 Å². The highest BCUT2D eigenvalue weighted by Crippen LogP contribution is 2.41. The van der Waals surface area contributed by atoms with E-state index in [0.717, 1.165) is 19.4 Å². The minimum atomic E-state index is -1.10. The van der Waals surface area contributed by atoms with Gasteiger partial charge in [-0.25, -0.2) is 4.39 Å². The molecule has 2 rings (SSSR count). The highest BCUT2D eigenvalue weighted by molar-refractivity contribution is 9.10. The first kappa shape index (κ1) is 15.2. The summed E-state index contributed by atoms with van der Waals surface area (Å²) in [4.78, 5) is 0. The molecule has 1 aromatic rings. The number of nitrogens with one attached hydrogen (secondary N) is 1. The topological polar surface area (TPSA) is 32.3 Å². The Morgan fingerprint density at radius 1 is 1.47 bits per heavy atom. The first-order valence-electron chi connectivity index (χ1n) is 6.57. The van der Waals surface area contributed by atoms with Crippen LogP contribution in [0.25, 0.3) is 0 Å². The maximum absolute atomic E-state index is 14.2. The van der Waals surface area contributed by atoms with Crippen molar-refractivity contribution in [2.45, 2.75) is 44.2 Å². The molecule has 106 valence electrons. The predicted octanol–water partition coefficient (Wildman–Crippen LogP) is 3.98. The van der Waals surface area contributed by atoms with E-state index in [1.165, 1.54) is 0 Å². The molecule has 0 spiro atoms. The zero-order valence-electron chi connectivity index (χ0n) is 10.8. The minimum Gasteiger partial charge on any atom is -0.385 e. The molecule has 0 unspecified atom stereocenters. The summed E-state index contributed by atoms with van der Waals surface area (Å²) < 4.78 is 14.7. The largest absolute Gasteiger partial charge is 0.385 e. The molecular weight excluding hydrogens is 333 g/mol. The van der Waals surface area contributed by atoms with Gasteiger partial charge in [0.1, 0.15) is 5.82 Å². The molecule has 19 heavy (non-hydrogen) atoms. The van der Waals surface area contributed by atoms with Crippen molar-refractivity contribution in [3.8, 4) is 0 Å². The van der Waals surface area contributed by atoms with Gasteiger partial charge in [-0.1, -0.05) is 24.6 Å². The summed E-state index contributed by atoms with van der Waals surface area (Å²) in [6, 6.07) is 3.73. The van der Waals surface area contributed by atoms with Crippen molar-refractivity contribution in [1.29, 1.82) is 0 Å². The summed E-state index contributed by atoms with van der Waals surface area (Å²) >= 11 is 9.09. The zero-order valence-corrected chi connectivity index (χ0v) is 13.2. The fourth-order valence-corrected chi connectivity index (χ4v) is 3.21. The fourth-order valence-electron chi connectivity index (χ4n) is 2.74. The van der Waals surface area contributed by atoms with Crippen LogP contribution >= 0.6 is 27.5 Å². The number of hydrogen-bond donors (Lipinski definition) is 2. The monoisotopic (exact) mass is 349 g/mol. The number of aliphatic hydroxyl groups is 1. The van der Waals surface area contributed by atoms with Crippen molar-refractivity contribution in [1.82, 2.24) is 5.32 Å². The molecule has 0 saturated heterocycles. The summed E-state index contributed by atoms with van der Waals surface area (Å²) in [5.74, 6) is -0.513. The van der Waals surface area contributed by atoms with E-state index in [1.807, 2.05) is 0 Å². The lowest BCUT2D eigenvalue weighted by Gasteiger charge is -2.37. The molecule has 2 N–H and O–H groups in total. The molecule has 0 bridgehead atoms. The van der Waals surface area contributed by atoms with Crippen LogP contribution in [0.15, 0.2) is 16.6 Å². The van der Waals surface area contributed by atoms with E-state index in [1.54, 1.807) is 12.1 Å². The van der Waals surface area contributed by atoms with Crippen molar-refractivity contribution in [2.24, 2.45) is 0 Å². The smallest absolute Gasteiger partial charge is 0.149 e. The van der Waals surface area contributed by atoms with Crippen LogP contribution in [0.2, 0.25) is 5.02 Å². The third-order valence-electron chi connectivity index (χ3n) is 3.84.